The summed E-state index contributed by atoms with van der Waals surface area (Å²) in [5, 5.41) is 0. The lowest BCUT2D eigenvalue weighted by Crippen LogP contribution is -2.11. The normalized spacial score (nSPS) is 12.6. The minimum Gasteiger partial charge on any atom is -0.356 e. The molecule has 0 aliphatic heterocycles. The van der Waals surface area contributed by atoms with Crippen molar-refractivity contribution in [1.29, 1.82) is 0 Å². The van der Waals surface area contributed by atoms with Crippen LogP contribution in [0.25, 0.3) is 0 Å². The zero-order valence-corrected chi connectivity index (χ0v) is 8.73. The second-order valence-electron chi connectivity index (χ2n) is 2.49. The average molecular weight is 193 g/mol. The van der Waals surface area contributed by atoms with Gasteiger partial charge in [-0.15, -0.1) is 11.6 Å². The third-order valence-electron chi connectivity index (χ3n) is 1.75. The molecule has 2 nitrogen and oxygen atoms in total. The molecule has 0 bridgehead atoms. The first-order valence-electron chi connectivity index (χ1n) is 4.07. The summed E-state index contributed by atoms with van der Waals surface area (Å²) < 4.78 is 10.1. The van der Waals surface area contributed by atoms with E-state index < -0.39 is 0 Å². The van der Waals surface area contributed by atoms with Crippen molar-refractivity contribution in [2.75, 3.05) is 20.1 Å². The summed E-state index contributed by atoms with van der Waals surface area (Å²) in [4.78, 5) is 0. The molecule has 0 aromatic rings. The van der Waals surface area contributed by atoms with Crippen molar-refractivity contribution in [3.8, 4) is 0 Å². The second kappa shape index (κ2) is 7.59. The van der Waals surface area contributed by atoms with Gasteiger partial charge in [-0.25, -0.2) is 0 Å². The topological polar surface area (TPSA) is 18.5 Å². The van der Waals surface area contributed by atoms with Gasteiger partial charge >= 0.3 is 0 Å². The van der Waals surface area contributed by atoms with Crippen LogP contribution >= 0.6 is 11.6 Å². The number of allylic oxidation sites excluding steroid dienone is 1. The van der Waals surface area contributed by atoms with Gasteiger partial charge in [-0.1, -0.05) is 18.6 Å². The van der Waals surface area contributed by atoms with Crippen LogP contribution in [-0.2, 0) is 9.47 Å². The average Bonchev–Trinajstić information content (AvgIpc) is 2.13. The summed E-state index contributed by atoms with van der Waals surface area (Å²) in [6, 6.07) is 0. The molecule has 0 rings (SSSR count). The highest BCUT2D eigenvalue weighted by atomic mass is 35.5. The number of hydrogen-bond acceptors (Lipinski definition) is 2. The highest BCUT2D eigenvalue weighted by Gasteiger charge is 2.02. The molecule has 0 heterocycles. The number of ether oxygens (including phenoxy) is 2. The molecule has 0 atom stereocenters. The van der Waals surface area contributed by atoms with Gasteiger partial charge in [0.1, 0.15) is 0 Å². The minimum atomic E-state index is -0.144. The van der Waals surface area contributed by atoms with E-state index in [0.717, 1.165) is 12.8 Å². The van der Waals surface area contributed by atoms with E-state index in [9.17, 15) is 0 Å². The predicted octanol–water partition coefficient (Wildman–Crippen LogP) is 2.57. The molecule has 0 aromatic heterocycles. The highest BCUT2D eigenvalue weighted by molar-refractivity contribution is 6.19. The van der Waals surface area contributed by atoms with Gasteiger partial charge < -0.3 is 9.47 Å². The zero-order chi connectivity index (χ0) is 9.40. The third kappa shape index (κ3) is 4.75. The van der Waals surface area contributed by atoms with Gasteiger partial charge in [-0.3, -0.25) is 0 Å². The van der Waals surface area contributed by atoms with Gasteiger partial charge in [0, 0.05) is 26.5 Å². The summed E-state index contributed by atoms with van der Waals surface area (Å²) in [6.07, 6.45) is 3.69. The molecule has 0 saturated carbocycles. The van der Waals surface area contributed by atoms with E-state index in [2.05, 4.69) is 13.0 Å². The van der Waals surface area contributed by atoms with Crippen molar-refractivity contribution in [3.63, 3.8) is 0 Å². The molecule has 0 N–H and O–H groups in total. The molecule has 0 saturated heterocycles. The Labute approximate surface area is 79.5 Å². The van der Waals surface area contributed by atoms with Crippen LogP contribution in [0.1, 0.15) is 19.8 Å². The van der Waals surface area contributed by atoms with Gasteiger partial charge in [0.05, 0.1) is 0 Å². The minimum absolute atomic E-state index is 0.144. The van der Waals surface area contributed by atoms with Crippen molar-refractivity contribution in [1.82, 2.24) is 0 Å². The van der Waals surface area contributed by atoms with Crippen LogP contribution < -0.4 is 0 Å². The first-order chi connectivity index (χ1) is 5.78. The Morgan fingerprint density at radius 3 is 2.33 bits per heavy atom. The molecule has 72 valence electrons. The van der Waals surface area contributed by atoms with Crippen molar-refractivity contribution in [2.45, 2.75) is 26.1 Å². The molecular weight excluding hydrogens is 176 g/mol. The first-order valence-corrected chi connectivity index (χ1v) is 4.61. The summed E-state index contributed by atoms with van der Waals surface area (Å²) in [7, 11) is 3.27. The molecule has 0 aliphatic carbocycles. The van der Waals surface area contributed by atoms with E-state index in [1.54, 1.807) is 14.2 Å². The molecule has 3 heteroatoms. The second-order valence-corrected chi connectivity index (χ2v) is 2.75. The highest BCUT2D eigenvalue weighted by Crippen LogP contribution is 2.07. The van der Waals surface area contributed by atoms with Gasteiger partial charge in [-0.05, 0) is 6.42 Å². The van der Waals surface area contributed by atoms with E-state index in [1.807, 2.05) is 0 Å². The Hall–Kier alpha value is -0.0500. The molecule has 0 unspecified atom stereocenters. The number of rotatable bonds is 6. The third-order valence-corrected chi connectivity index (χ3v) is 2.09. The van der Waals surface area contributed by atoms with Crippen molar-refractivity contribution in [3.05, 3.63) is 11.6 Å². The Bertz CT molecular complexity index is 124. The van der Waals surface area contributed by atoms with Crippen LogP contribution in [0, 0.1) is 0 Å². The Morgan fingerprint density at radius 1 is 1.42 bits per heavy atom. The van der Waals surface area contributed by atoms with E-state index in [1.165, 1.54) is 5.57 Å². The monoisotopic (exact) mass is 192 g/mol. The maximum atomic E-state index is 5.69. The number of halogens is 1. The van der Waals surface area contributed by atoms with E-state index >= 15 is 0 Å². The van der Waals surface area contributed by atoms with E-state index in [4.69, 9.17) is 21.1 Å². The molecule has 0 aromatic carbocycles. The molecule has 0 fully saturated rings. The lowest BCUT2D eigenvalue weighted by Gasteiger charge is -2.10. The summed E-state index contributed by atoms with van der Waals surface area (Å²) in [5.74, 6) is 0.594. The maximum absolute atomic E-state index is 5.69. The van der Waals surface area contributed by atoms with Gasteiger partial charge in [0.15, 0.2) is 6.29 Å². The number of alkyl halides is 1. The van der Waals surface area contributed by atoms with Gasteiger partial charge in [0.2, 0.25) is 0 Å². The summed E-state index contributed by atoms with van der Waals surface area (Å²) in [5.41, 5.74) is 1.23. The lowest BCUT2D eigenvalue weighted by atomic mass is 10.2. The summed E-state index contributed by atoms with van der Waals surface area (Å²) in [6.45, 7) is 2.09. The quantitative estimate of drug-likeness (QED) is 0.366. The zero-order valence-electron chi connectivity index (χ0n) is 7.97. The van der Waals surface area contributed by atoms with Crippen LogP contribution in [-0.4, -0.2) is 26.4 Å². The molecule has 0 radical (unpaired) electrons. The smallest absolute Gasteiger partial charge is 0.160 e. The largest absolute Gasteiger partial charge is 0.356 e. The van der Waals surface area contributed by atoms with Crippen LogP contribution in [0.3, 0.4) is 0 Å². The Morgan fingerprint density at radius 2 is 2.00 bits per heavy atom. The first kappa shape index (κ1) is 11.9. The number of methoxy groups -OCH3 is 2. The maximum Gasteiger partial charge on any atom is 0.160 e. The standard InChI is InChI=1S/C9H17ClO2/c1-4-8(7-10)5-6-9(11-2)12-3/h5,9H,4,6-7H2,1-3H3/b8-5+. The van der Waals surface area contributed by atoms with Crippen LogP contribution in [0.2, 0.25) is 0 Å². The van der Waals surface area contributed by atoms with Crippen molar-refractivity contribution < 1.29 is 9.47 Å². The molecular formula is C9H17ClO2. The van der Waals surface area contributed by atoms with Crippen molar-refractivity contribution >= 4 is 11.6 Å². The van der Waals surface area contributed by atoms with Crippen LogP contribution in [0.4, 0.5) is 0 Å². The molecule has 0 aliphatic rings. The van der Waals surface area contributed by atoms with Crippen molar-refractivity contribution in [2.24, 2.45) is 0 Å². The molecule has 12 heavy (non-hydrogen) atoms. The predicted molar refractivity (Wildman–Crippen MR) is 51.5 cm³/mol. The summed E-state index contributed by atoms with van der Waals surface area (Å²) >= 11 is 5.69. The van der Waals surface area contributed by atoms with E-state index in [0.29, 0.717) is 5.88 Å². The molecule has 0 amide bonds. The Balaban J connectivity index is 3.81. The van der Waals surface area contributed by atoms with Gasteiger partial charge in [0.25, 0.3) is 0 Å². The fourth-order valence-corrected chi connectivity index (χ4v) is 1.14. The van der Waals surface area contributed by atoms with Crippen LogP contribution in [0.15, 0.2) is 11.6 Å². The van der Waals surface area contributed by atoms with Gasteiger partial charge in [-0.2, -0.15) is 0 Å². The fourth-order valence-electron chi connectivity index (χ4n) is 0.845. The fraction of sp³-hybridized carbons (Fsp3) is 0.778. The SMILES string of the molecule is CC/C(=C\CC(OC)OC)CCl. The Kier molecular flexibility index (Phi) is 7.56. The van der Waals surface area contributed by atoms with E-state index in [-0.39, 0.29) is 6.29 Å². The van der Waals surface area contributed by atoms with Crippen LogP contribution in [0.5, 0.6) is 0 Å². The number of hydrogen-bond donors (Lipinski definition) is 0. The lowest BCUT2D eigenvalue weighted by molar-refractivity contribution is -0.0987. The molecule has 0 spiro atoms.